The largest absolute Gasteiger partial charge is 0.510 e. The second-order valence-corrected chi connectivity index (χ2v) is 15.2. The lowest BCUT2D eigenvalue weighted by Crippen LogP contribution is -2.49. The fourth-order valence-corrected chi connectivity index (χ4v) is 6.40. The van der Waals surface area contributed by atoms with Gasteiger partial charge in [0.05, 0.1) is 5.56 Å². The summed E-state index contributed by atoms with van der Waals surface area (Å²) in [6, 6.07) is 10.1. The number of aliphatic hydroxyl groups is 1. The SMILES string of the molecule is C/C(O)=c1/c(C#N)c(C(=O)OC2C(C(C)(C)C)CC(C)CC2C(C)(C)C)c2nc(-c3ccc(C(C)(C)C)cc3)nn12. The summed E-state index contributed by atoms with van der Waals surface area (Å²) in [7, 11) is 0. The van der Waals surface area contributed by atoms with Crippen LogP contribution in [-0.4, -0.2) is 31.8 Å². The van der Waals surface area contributed by atoms with Gasteiger partial charge in [0.1, 0.15) is 28.8 Å². The Hall–Kier alpha value is -3.40. The molecule has 1 fully saturated rings. The average Bonchev–Trinajstić information content (AvgIpc) is 3.39. The Balaban J connectivity index is 1.85. The minimum atomic E-state index is -0.593. The van der Waals surface area contributed by atoms with Crippen molar-refractivity contribution >= 4 is 17.4 Å². The van der Waals surface area contributed by atoms with Crippen molar-refractivity contribution in [2.45, 2.75) is 101 Å². The Morgan fingerprint density at radius 2 is 1.54 bits per heavy atom. The molecule has 1 aromatic carbocycles. The van der Waals surface area contributed by atoms with Crippen LogP contribution in [0.4, 0.5) is 0 Å². The Morgan fingerprint density at radius 1 is 1.00 bits per heavy atom. The Labute approximate surface area is 244 Å². The molecule has 0 saturated heterocycles. The van der Waals surface area contributed by atoms with Crippen LogP contribution in [0.1, 0.15) is 110 Å². The Bertz CT molecular complexity index is 1510. The van der Waals surface area contributed by atoms with Crippen molar-refractivity contribution in [2.75, 3.05) is 0 Å². The van der Waals surface area contributed by atoms with Crippen LogP contribution in [0.2, 0.25) is 0 Å². The molecule has 2 atom stereocenters. The second-order valence-electron chi connectivity index (χ2n) is 15.2. The van der Waals surface area contributed by atoms with Gasteiger partial charge in [-0.2, -0.15) is 5.26 Å². The second kappa shape index (κ2) is 10.5. The number of carbonyl (C=O) groups excluding carboxylic acids is 1. The predicted octanol–water partition coefficient (Wildman–Crippen LogP) is 7.25. The van der Waals surface area contributed by atoms with E-state index in [2.05, 4.69) is 80.4 Å². The number of benzene rings is 1. The average molecular weight is 559 g/mol. The molecule has 1 N–H and O–H groups in total. The molecule has 1 saturated carbocycles. The fraction of sp³-hybridized carbons (Fsp3) is 0.588. The van der Waals surface area contributed by atoms with Crippen molar-refractivity contribution in [3.05, 3.63) is 46.3 Å². The van der Waals surface area contributed by atoms with Crippen LogP contribution in [0.3, 0.4) is 0 Å². The summed E-state index contributed by atoms with van der Waals surface area (Å²) >= 11 is 0. The zero-order chi connectivity index (χ0) is 30.7. The van der Waals surface area contributed by atoms with Gasteiger partial charge in [0.15, 0.2) is 11.5 Å². The summed E-state index contributed by atoms with van der Waals surface area (Å²) in [6.45, 7) is 23.4. The highest BCUT2D eigenvalue weighted by molar-refractivity contribution is 5.99. The van der Waals surface area contributed by atoms with Crippen molar-refractivity contribution in [1.29, 1.82) is 5.26 Å². The molecule has 7 heteroatoms. The predicted molar refractivity (Wildman–Crippen MR) is 162 cm³/mol. The lowest BCUT2D eigenvalue weighted by Gasteiger charge is -2.50. The molecular weight excluding hydrogens is 512 g/mol. The number of nitriles is 1. The molecule has 1 aliphatic carbocycles. The minimum absolute atomic E-state index is 0.0000728. The molecule has 7 nitrogen and oxygen atoms in total. The molecule has 220 valence electrons. The lowest BCUT2D eigenvalue weighted by molar-refractivity contribution is -0.0922. The summed E-state index contributed by atoms with van der Waals surface area (Å²) in [6.07, 6.45) is 1.60. The number of ether oxygens (including phenoxy) is 1. The lowest BCUT2D eigenvalue weighted by atomic mass is 9.59. The van der Waals surface area contributed by atoms with Crippen LogP contribution in [0.25, 0.3) is 22.8 Å². The molecule has 2 aromatic heterocycles. The van der Waals surface area contributed by atoms with E-state index in [1.807, 2.05) is 24.3 Å². The third-order valence-electron chi connectivity index (χ3n) is 8.77. The van der Waals surface area contributed by atoms with Crippen LogP contribution < -0.4 is 5.35 Å². The van der Waals surface area contributed by atoms with E-state index in [0.29, 0.717) is 11.7 Å². The standard InChI is InChI=1S/C34H46N4O3/c1-19-16-24(33(6,7)8)28(25(17-19)34(9,10)11)41-31(40)26-23(18-35)27(20(2)39)38-30(26)36-29(37-38)21-12-14-22(15-13-21)32(3,4)5/h12-15,19,24-25,28,39H,16-17H2,1-11H3/b27-20+. The van der Waals surface area contributed by atoms with Gasteiger partial charge in [-0.15, -0.1) is 5.10 Å². The number of hydrogen-bond acceptors (Lipinski definition) is 6. The van der Waals surface area contributed by atoms with Gasteiger partial charge in [0.25, 0.3) is 0 Å². The summed E-state index contributed by atoms with van der Waals surface area (Å²) in [5.74, 6) is 0.516. The number of aliphatic hydroxyl groups excluding tert-OH is 1. The highest BCUT2D eigenvalue weighted by atomic mass is 16.5. The highest BCUT2D eigenvalue weighted by Gasteiger charge is 2.48. The van der Waals surface area contributed by atoms with E-state index in [1.165, 1.54) is 17.0 Å². The molecule has 0 aliphatic heterocycles. The van der Waals surface area contributed by atoms with Gasteiger partial charge in [0.2, 0.25) is 0 Å². The number of rotatable bonds is 3. The summed E-state index contributed by atoms with van der Waals surface area (Å²) in [5, 5.41) is 25.6. The first-order chi connectivity index (χ1) is 18.8. The molecular formula is C34H46N4O3. The molecule has 0 radical (unpaired) electrons. The van der Waals surface area contributed by atoms with E-state index < -0.39 is 5.97 Å². The zero-order valence-electron chi connectivity index (χ0n) is 26.6. The topological polar surface area (TPSA) is 101 Å². The Kier molecular flexibility index (Phi) is 7.79. The van der Waals surface area contributed by atoms with Gasteiger partial charge in [-0.3, -0.25) is 0 Å². The maximum atomic E-state index is 14.1. The Morgan fingerprint density at radius 3 is 1.98 bits per heavy atom. The molecule has 0 spiro atoms. The third-order valence-corrected chi connectivity index (χ3v) is 8.77. The van der Waals surface area contributed by atoms with Crippen LogP contribution in [0.5, 0.6) is 0 Å². The molecule has 4 rings (SSSR count). The van der Waals surface area contributed by atoms with Gasteiger partial charge in [-0.05, 0) is 47.5 Å². The van der Waals surface area contributed by atoms with Crippen molar-refractivity contribution < 1.29 is 14.6 Å². The number of esters is 1. The van der Waals surface area contributed by atoms with Crippen molar-refractivity contribution in [2.24, 2.45) is 28.6 Å². The first-order valence-electron chi connectivity index (χ1n) is 14.7. The first-order valence-corrected chi connectivity index (χ1v) is 14.7. The summed E-state index contributed by atoms with van der Waals surface area (Å²) in [4.78, 5) is 18.8. The maximum Gasteiger partial charge on any atom is 0.343 e. The van der Waals surface area contributed by atoms with Crippen LogP contribution in [-0.2, 0) is 10.2 Å². The smallest absolute Gasteiger partial charge is 0.343 e. The number of hydrogen-bond donors (Lipinski definition) is 1. The van der Waals surface area contributed by atoms with E-state index in [0.717, 1.165) is 18.4 Å². The molecule has 2 unspecified atom stereocenters. The molecule has 0 bridgehead atoms. The van der Waals surface area contributed by atoms with E-state index >= 15 is 0 Å². The molecule has 3 aromatic rings. The van der Waals surface area contributed by atoms with Gasteiger partial charge < -0.3 is 9.84 Å². The van der Waals surface area contributed by atoms with Gasteiger partial charge >= 0.3 is 5.97 Å². The highest BCUT2D eigenvalue weighted by Crippen LogP contribution is 2.50. The fourth-order valence-electron chi connectivity index (χ4n) is 6.40. The van der Waals surface area contributed by atoms with Gasteiger partial charge in [-0.25, -0.2) is 14.3 Å². The minimum Gasteiger partial charge on any atom is -0.510 e. The van der Waals surface area contributed by atoms with Crippen LogP contribution >= 0.6 is 0 Å². The molecule has 41 heavy (non-hydrogen) atoms. The zero-order valence-corrected chi connectivity index (χ0v) is 26.6. The van der Waals surface area contributed by atoms with Gasteiger partial charge in [-0.1, -0.05) is 93.5 Å². The quantitative estimate of drug-likeness (QED) is 0.340. The molecule has 2 heterocycles. The maximum absolute atomic E-state index is 14.1. The molecule has 1 aliphatic rings. The first kappa shape index (κ1) is 30.6. The van der Waals surface area contributed by atoms with E-state index in [1.54, 1.807) is 0 Å². The van der Waals surface area contributed by atoms with E-state index in [4.69, 9.17) is 9.72 Å². The normalized spacial score (nSPS) is 22.9. The summed E-state index contributed by atoms with van der Waals surface area (Å²) < 4.78 is 7.86. The monoisotopic (exact) mass is 558 g/mol. The van der Waals surface area contributed by atoms with Crippen LogP contribution in [0.15, 0.2) is 24.3 Å². The molecule has 0 amide bonds. The summed E-state index contributed by atoms with van der Waals surface area (Å²) in [5.41, 5.74) is 2.11. The number of fused-ring (bicyclic) bond motifs is 1. The number of carbonyl (C=O) groups is 1. The van der Waals surface area contributed by atoms with E-state index in [9.17, 15) is 15.2 Å². The van der Waals surface area contributed by atoms with Crippen LogP contribution in [0, 0.1) is 39.9 Å². The van der Waals surface area contributed by atoms with Crippen molar-refractivity contribution in [1.82, 2.24) is 14.6 Å². The third kappa shape index (κ3) is 5.84. The van der Waals surface area contributed by atoms with Gasteiger partial charge in [0, 0.05) is 17.4 Å². The number of aromatic nitrogens is 3. The van der Waals surface area contributed by atoms with Crippen molar-refractivity contribution in [3.63, 3.8) is 0 Å². The number of nitrogens with zero attached hydrogens (tertiary/aromatic N) is 4. The van der Waals surface area contributed by atoms with E-state index in [-0.39, 0.29) is 62.1 Å². The van der Waals surface area contributed by atoms with Crippen molar-refractivity contribution in [3.8, 4) is 17.5 Å².